The Kier molecular flexibility index (Phi) is 4.63. The minimum absolute atomic E-state index is 0.826. The monoisotopic (exact) mass is 242 g/mol. The van der Waals surface area contributed by atoms with Crippen molar-refractivity contribution in [1.82, 2.24) is 0 Å². The van der Waals surface area contributed by atoms with Crippen molar-refractivity contribution in [2.45, 2.75) is 39.5 Å². The van der Waals surface area contributed by atoms with E-state index in [0.29, 0.717) is 0 Å². The van der Waals surface area contributed by atoms with Crippen LogP contribution in [-0.2, 0) is 0 Å². The standard InChI is InChI=1S/C17H22O/c1-3-4-5-8-13-18-17-12-11-14(2)15-9-6-7-10-16(15)17/h6-7,9-12H,3-5,8,13H2,1-2H3. The Balaban J connectivity index is 2.07. The lowest BCUT2D eigenvalue weighted by atomic mass is 10.0. The van der Waals surface area contributed by atoms with E-state index in [4.69, 9.17) is 4.74 Å². The van der Waals surface area contributed by atoms with Crippen LogP contribution in [0.25, 0.3) is 10.8 Å². The van der Waals surface area contributed by atoms with Gasteiger partial charge in [-0.25, -0.2) is 0 Å². The van der Waals surface area contributed by atoms with E-state index in [1.165, 1.54) is 35.6 Å². The van der Waals surface area contributed by atoms with E-state index in [1.807, 2.05) is 0 Å². The maximum Gasteiger partial charge on any atom is 0.127 e. The first-order valence-corrected chi connectivity index (χ1v) is 6.94. The van der Waals surface area contributed by atoms with Crippen LogP contribution in [0, 0.1) is 6.92 Å². The van der Waals surface area contributed by atoms with Crippen LogP contribution in [0.3, 0.4) is 0 Å². The molecule has 0 saturated carbocycles. The Labute approximate surface area is 110 Å². The number of rotatable bonds is 6. The summed E-state index contributed by atoms with van der Waals surface area (Å²) in [5.41, 5.74) is 1.31. The average molecular weight is 242 g/mol. The summed E-state index contributed by atoms with van der Waals surface area (Å²) in [7, 11) is 0. The van der Waals surface area contributed by atoms with Crippen molar-refractivity contribution in [3.05, 3.63) is 42.0 Å². The number of unbranched alkanes of at least 4 members (excludes halogenated alkanes) is 3. The molecule has 0 aliphatic rings. The highest BCUT2D eigenvalue weighted by atomic mass is 16.5. The zero-order valence-electron chi connectivity index (χ0n) is 11.4. The van der Waals surface area contributed by atoms with Crippen LogP contribution in [0.5, 0.6) is 5.75 Å². The fourth-order valence-corrected chi connectivity index (χ4v) is 2.26. The van der Waals surface area contributed by atoms with Crippen LogP contribution < -0.4 is 4.74 Å². The summed E-state index contributed by atoms with van der Waals surface area (Å²) in [5.74, 6) is 1.02. The molecule has 0 saturated heterocycles. The molecule has 0 amide bonds. The van der Waals surface area contributed by atoms with Crippen molar-refractivity contribution >= 4 is 10.8 Å². The van der Waals surface area contributed by atoms with Gasteiger partial charge in [-0.1, -0.05) is 56.5 Å². The van der Waals surface area contributed by atoms with Gasteiger partial charge >= 0.3 is 0 Å². The zero-order chi connectivity index (χ0) is 12.8. The molecule has 2 rings (SSSR count). The van der Waals surface area contributed by atoms with Crippen molar-refractivity contribution in [3.8, 4) is 5.75 Å². The number of benzene rings is 2. The first-order chi connectivity index (χ1) is 8.83. The molecule has 18 heavy (non-hydrogen) atoms. The second-order valence-electron chi connectivity index (χ2n) is 4.84. The minimum atomic E-state index is 0.826. The number of hydrogen-bond acceptors (Lipinski definition) is 1. The fraction of sp³-hybridized carbons (Fsp3) is 0.412. The van der Waals surface area contributed by atoms with Gasteiger partial charge in [-0.05, 0) is 30.4 Å². The first-order valence-electron chi connectivity index (χ1n) is 6.94. The van der Waals surface area contributed by atoms with Gasteiger partial charge in [-0.15, -0.1) is 0 Å². The van der Waals surface area contributed by atoms with Gasteiger partial charge in [-0.2, -0.15) is 0 Å². The van der Waals surface area contributed by atoms with E-state index < -0.39 is 0 Å². The molecule has 0 atom stereocenters. The third kappa shape index (κ3) is 3.04. The van der Waals surface area contributed by atoms with Gasteiger partial charge in [-0.3, -0.25) is 0 Å². The summed E-state index contributed by atoms with van der Waals surface area (Å²) in [6.07, 6.45) is 4.99. The molecule has 0 heterocycles. The quantitative estimate of drug-likeness (QED) is 0.640. The normalized spacial score (nSPS) is 10.8. The Hall–Kier alpha value is -1.50. The maximum atomic E-state index is 5.92. The van der Waals surface area contributed by atoms with E-state index >= 15 is 0 Å². The lowest BCUT2D eigenvalue weighted by molar-refractivity contribution is 0.308. The summed E-state index contributed by atoms with van der Waals surface area (Å²) in [5, 5.41) is 2.52. The molecule has 2 aromatic rings. The molecule has 0 spiro atoms. The summed E-state index contributed by atoms with van der Waals surface area (Å²) in [6, 6.07) is 12.7. The maximum absolute atomic E-state index is 5.92. The summed E-state index contributed by atoms with van der Waals surface area (Å²) >= 11 is 0. The number of ether oxygens (including phenoxy) is 1. The second kappa shape index (κ2) is 6.44. The summed E-state index contributed by atoms with van der Waals surface area (Å²) < 4.78 is 5.92. The van der Waals surface area contributed by atoms with Crippen molar-refractivity contribution in [2.24, 2.45) is 0 Å². The van der Waals surface area contributed by atoms with E-state index in [2.05, 4.69) is 50.2 Å². The topological polar surface area (TPSA) is 9.23 Å². The highest BCUT2D eigenvalue weighted by Gasteiger charge is 2.03. The van der Waals surface area contributed by atoms with Gasteiger partial charge in [0.15, 0.2) is 0 Å². The van der Waals surface area contributed by atoms with Crippen LogP contribution in [0.4, 0.5) is 0 Å². The molecule has 0 fully saturated rings. The smallest absolute Gasteiger partial charge is 0.127 e. The molecule has 0 bridgehead atoms. The first kappa shape index (κ1) is 12.9. The molecule has 96 valence electrons. The van der Waals surface area contributed by atoms with Crippen LogP contribution in [0.1, 0.15) is 38.2 Å². The van der Waals surface area contributed by atoms with Crippen molar-refractivity contribution in [1.29, 1.82) is 0 Å². The Bertz CT molecular complexity index is 502. The molecular weight excluding hydrogens is 220 g/mol. The lowest BCUT2D eigenvalue weighted by Gasteiger charge is -2.10. The van der Waals surface area contributed by atoms with Crippen LogP contribution >= 0.6 is 0 Å². The third-order valence-electron chi connectivity index (χ3n) is 3.36. The van der Waals surface area contributed by atoms with E-state index in [-0.39, 0.29) is 0 Å². The number of fused-ring (bicyclic) bond motifs is 1. The van der Waals surface area contributed by atoms with E-state index in [0.717, 1.165) is 18.8 Å². The molecule has 0 aromatic heterocycles. The second-order valence-corrected chi connectivity index (χ2v) is 4.84. The fourth-order valence-electron chi connectivity index (χ4n) is 2.26. The summed E-state index contributed by atoms with van der Waals surface area (Å²) in [6.45, 7) is 5.20. The molecular formula is C17H22O. The van der Waals surface area contributed by atoms with Crippen LogP contribution in [0.15, 0.2) is 36.4 Å². The van der Waals surface area contributed by atoms with Gasteiger partial charge in [0, 0.05) is 5.39 Å². The summed E-state index contributed by atoms with van der Waals surface area (Å²) in [4.78, 5) is 0. The predicted molar refractivity (Wildman–Crippen MR) is 78.3 cm³/mol. The highest BCUT2D eigenvalue weighted by molar-refractivity contribution is 5.90. The molecule has 2 aromatic carbocycles. The number of aryl methyl sites for hydroxylation is 1. The molecule has 0 N–H and O–H groups in total. The largest absolute Gasteiger partial charge is 0.493 e. The van der Waals surface area contributed by atoms with Crippen LogP contribution in [-0.4, -0.2) is 6.61 Å². The SMILES string of the molecule is CCCCCCOc1ccc(C)c2ccccc12. The lowest BCUT2D eigenvalue weighted by Crippen LogP contribution is -1.98. The number of hydrogen-bond donors (Lipinski definition) is 0. The molecule has 1 nitrogen and oxygen atoms in total. The molecule has 0 unspecified atom stereocenters. The molecule has 0 aliphatic carbocycles. The predicted octanol–water partition coefficient (Wildman–Crippen LogP) is 5.11. The van der Waals surface area contributed by atoms with Crippen LogP contribution in [0.2, 0.25) is 0 Å². The van der Waals surface area contributed by atoms with Gasteiger partial charge < -0.3 is 4.74 Å². The molecule has 0 radical (unpaired) electrons. The van der Waals surface area contributed by atoms with Crippen molar-refractivity contribution in [2.75, 3.05) is 6.61 Å². The third-order valence-corrected chi connectivity index (χ3v) is 3.36. The van der Waals surface area contributed by atoms with E-state index in [1.54, 1.807) is 0 Å². The highest BCUT2D eigenvalue weighted by Crippen LogP contribution is 2.28. The van der Waals surface area contributed by atoms with Gasteiger partial charge in [0.1, 0.15) is 5.75 Å². The molecule has 0 aliphatic heterocycles. The van der Waals surface area contributed by atoms with E-state index in [9.17, 15) is 0 Å². The van der Waals surface area contributed by atoms with Gasteiger partial charge in [0.2, 0.25) is 0 Å². The zero-order valence-corrected chi connectivity index (χ0v) is 11.4. The molecule has 1 heteroatoms. The van der Waals surface area contributed by atoms with Crippen molar-refractivity contribution < 1.29 is 4.74 Å². The Morgan fingerprint density at radius 1 is 0.889 bits per heavy atom. The Morgan fingerprint density at radius 3 is 2.44 bits per heavy atom. The van der Waals surface area contributed by atoms with Crippen molar-refractivity contribution in [3.63, 3.8) is 0 Å². The minimum Gasteiger partial charge on any atom is -0.493 e. The Morgan fingerprint density at radius 2 is 1.67 bits per heavy atom. The van der Waals surface area contributed by atoms with Gasteiger partial charge in [0.05, 0.1) is 6.61 Å². The van der Waals surface area contributed by atoms with Gasteiger partial charge in [0.25, 0.3) is 0 Å². The average Bonchev–Trinajstić information content (AvgIpc) is 2.41.